The van der Waals surface area contributed by atoms with Crippen LogP contribution in [-0.4, -0.2) is 63.7 Å². The third-order valence-corrected chi connectivity index (χ3v) is 5.44. The number of anilines is 1. The maximum absolute atomic E-state index is 10.9. The van der Waals surface area contributed by atoms with E-state index in [9.17, 15) is 15.2 Å². The number of aliphatic hydroxyl groups excluding tert-OH is 1. The van der Waals surface area contributed by atoms with Gasteiger partial charge in [-0.3, -0.25) is 15.0 Å². The highest BCUT2D eigenvalue weighted by Crippen LogP contribution is 2.26. The van der Waals surface area contributed by atoms with Crippen LogP contribution in [-0.2, 0) is 6.42 Å². The number of nitro benzene ring substituents is 1. The van der Waals surface area contributed by atoms with Gasteiger partial charge in [0.1, 0.15) is 11.6 Å². The molecule has 2 aromatic rings. The Morgan fingerprint density at radius 3 is 2.38 bits per heavy atom. The number of aliphatic hydroxyl groups is 1. The number of rotatable bonds is 7. The van der Waals surface area contributed by atoms with Crippen LogP contribution in [0.15, 0.2) is 24.3 Å². The third-order valence-electron chi connectivity index (χ3n) is 5.44. The van der Waals surface area contributed by atoms with Crippen LogP contribution < -0.4 is 4.90 Å². The molecule has 156 valence electrons. The zero-order chi connectivity index (χ0) is 21.0. The lowest BCUT2D eigenvalue weighted by molar-refractivity contribution is -0.384. The Morgan fingerprint density at radius 1 is 1.14 bits per heavy atom. The van der Waals surface area contributed by atoms with E-state index in [1.54, 1.807) is 12.1 Å². The molecule has 1 saturated heterocycles. The van der Waals surface area contributed by atoms with Crippen molar-refractivity contribution >= 4 is 11.5 Å². The topological polar surface area (TPSA) is 95.6 Å². The standard InChI is InChI=1S/C21H29N5O3/c1-4-19(27)14-24-9-11-25(12-10-24)21-20(15(2)22-16(3)23-21)13-17-5-7-18(8-6-17)26(28)29/h5-8,19,27H,4,9-14H2,1-3H3/t19-/m0/s1. The average molecular weight is 399 g/mol. The third kappa shape index (κ3) is 5.27. The predicted octanol–water partition coefficient (Wildman–Crippen LogP) is 2.49. The van der Waals surface area contributed by atoms with Crippen molar-refractivity contribution in [1.29, 1.82) is 0 Å². The molecule has 1 aromatic carbocycles. The van der Waals surface area contributed by atoms with Crippen molar-refractivity contribution in [1.82, 2.24) is 14.9 Å². The highest BCUT2D eigenvalue weighted by Gasteiger charge is 2.23. The van der Waals surface area contributed by atoms with Gasteiger partial charge in [0, 0.05) is 62.5 Å². The first-order valence-corrected chi connectivity index (χ1v) is 10.1. The van der Waals surface area contributed by atoms with Gasteiger partial charge in [-0.2, -0.15) is 0 Å². The van der Waals surface area contributed by atoms with Gasteiger partial charge in [-0.15, -0.1) is 0 Å². The molecule has 0 bridgehead atoms. The lowest BCUT2D eigenvalue weighted by atomic mass is 10.0. The number of nitro groups is 1. The van der Waals surface area contributed by atoms with Crippen LogP contribution in [0.1, 0.15) is 36.0 Å². The highest BCUT2D eigenvalue weighted by atomic mass is 16.6. The number of aryl methyl sites for hydroxylation is 2. The minimum absolute atomic E-state index is 0.0937. The zero-order valence-corrected chi connectivity index (χ0v) is 17.3. The van der Waals surface area contributed by atoms with Crippen molar-refractivity contribution in [2.75, 3.05) is 37.6 Å². The number of hydrogen-bond donors (Lipinski definition) is 1. The number of nitrogens with zero attached hydrogens (tertiary/aromatic N) is 5. The van der Waals surface area contributed by atoms with Gasteiger partial charge in [-0.25, -0.2) is 9.97 Å². The average Bonchev–Trinajstić information content (AvgIpc) is 2.70. The predicted molar refractivity (Wildman–Crippen MR) is 112 cm³/mol. The van der Waals surface area contributed by atoms with Gasteiger partial charge in [-0.1, -0.05) is 19.1 Å². The Morgan fingerprint density at radius 2 is 1.79 bits per heavy atom. The van der Waals surface area contributed by atoms with Crippen LogP contribution in [0.25, 0.3) is 0 Å². The Hall–Kier alpha value is -2.58. The molecule has 1 fully saturated rings. The molecule has 1 atom stereocenters. The number of non-ortho nitro benzene ring substituents is 1. The van der Waals surface area contributed by atoms with Crippen molar-refractivity contribution < 1.29 is 10.0 Å². The number of aromatic nitrogens is 2. The molecule has 0 saturated carbocycles. The van der Waals surface area contributed by atoms with Gasteiger partial charge in [-0.05, 0) is 25.8 Å². The summed E-state index contributed by atoms with van der Waals surface area (Å²) in [5.74, 6) is 1.69. The summed E-state index contributed by atoms with van der Waals surface area (Å²) in [5, 5.41) is 20.8. The summed E-state index contributed by atoms with van der Waals surface area (Å²) < 4.78 is 0. The summed E-state index contributed by atoms with van der Waals surface area (Å²) in [6, 6.07) is 6.67. The first kappa shape index (κ1) is 21.1. The van der Waals surface area contributed by atoms with Crippen molar-refractivity contribution in [3.05, 3.63) is 57.0 Å². The number of β-amino-alcohol motifs (C(OH)–C–C–N with tert-alkyl or cyclic N) is 1. The second kappa shape index (κ2) is 9.28. The molecule has 2 heterocycles. The quantitative estimate of drug-likeness (QED) is 0.564. The van der Waals surface area contributed by atoms with E-state index in [2.05, 4.69) is 14.8 Å². The Kier molecular flexibility index (Phi) is 6.76. The van der Waals surface area contributed by atoms with Gasteiger partial charge < -0.3 is 10.0 Å². The van der Waals surface area contributed by atoms with Crippen LogP contribution in [0.4, 0.5) is 11.5 Å². The Bertz CT molecular complexity index is 848. The lowest BCUT2D eigenvalue weighted by Crippen LogP contribution is -2.49. The molecular formula is C21H29N5O3. The molecule has 1 aliphatic rings. The zero-order valence-electron chi connectivity index (χ0n) is 17.3. The molecule has 1 N–H and O–H groups in total. The van der Waals surface area contributed by atoms with Crippen LogP contribution in [0.3, 0.4) is 0 Å². The van der Waals surface area contributed by atoms with Gasteiger partial charge in [0.25, 0.3) is 5.69 Å². The fraction of sp³-hybridized carbons (Fsp3) is 0.524. The molecule has 0 aliphatic carbocycles. The molecule has 29 heavy (non-hydrogen) atoms. The van der Waals surface area contributed by atoms with Crippen molar-refractivity contribution in [2.45, 2.75) is 39.7 Å². The summed E-state index contributed by atoms with van der Waals surface area (Å²) in [7, 11) is 0. The fourth-order valence-corrected chi connectivity index (χ4v) is 3.70. The first-order chi connectivity index (χ1) is 13.9. The van der Waals surface area contributed by atoms with Gasteiger partial charge >= 0.3 is 0 Å². The van der Waals surface area contributed by atoms with Crippen molar-refractivity contribution in [3.63, 3.8) is 0 Å². The number of piperazine rings is 1. The summed E-state index contributed by atoms with van der Waals surface area (Å²) >= 11 is 0. The van der Waals surface area contributed by atoms with Crippen molar-refractivity contribution in [2.24, 2.45) is 0 Å². The molecule has 3 rings (SSSR count). The largest absolute Gasteiger partial charge is 0.392 e. The molecular weight excluding hydrogens is 370 g/mol. The summed E-state index contributed by atoms with van der Waals surface area (Å²) in [5.41, 5.74) is 3.09. The molecule has 8 nitrogen and oxygen atoms in total. The van der Waals surface area contributed by atoms with E-state index >= 15 is 0 Å². The fourth-order valence-electron chi connectivity index (χ4n) is 3.70. The second-order valence-electron chi connectivity index (χ2n) is 7.61. The molecule has 0 radical (unpaired) electrons. The number of benzene rings is 1. The molecule has 1 aliphatic heterocycles. The molecule has 0 spiro atoms. The number of hydrogen-bond acceptors (Lipinski definition) is 7. The Balaban J connectivity index is 1.78. The minimum Gasteiger partial charge on any atom is -0.392 e. The van der Waals surface area contributed by atoms with Crippen LogP contribution in [0.5, 0.6) is 0 Å². The van der Waals surface area contributed by atoms with E-state index in [1.165, 1.54) is 12.1 Å². The van der Waals surface area contributed by atoms with Crippen LogP contribution in [0, 0.1) is 24.0 Å². The van der Waals surface area contributed by atoms with E-state index in [-0.39, 0.29) is 16.7 Å². The van der Waals surface area contributed by atoms with E-state index in [0.717, 1.165) is 61.1 Å². The van der Waals surface area contributed by atoms with Gasteiger partial charge in [0.05, 0.1) is 11.0 Å². The molecule has 1 aromatic heterocycles. The summed E-state index contributed by atoms with van der Waals surface area (Å²) in [6.45, 7) is 10.1. The van der Waals surface area contributed by atoms with E-state index in [0.29, 0.717) is 13.0 Å². The van der Waals surface area contributed by atoms with Crippen LogP contribution >= 0.6 is 0 Å². The normalized spacial score (nSPS) is 16.1. The minimum atomic E-state index is -0.385. The molecule has 0 unspecified atom stereocenters. The van der Waals surface area contributed by atoms with Crippen LogP contribution in [0.2, 0.25) is 0 Å². The lowest BCUT2D eigenvalue weighted by Gasteiger charge is -2.37. The molecule has 0 amide bonds. The van der Waals surface area contributed by atoms with E-state index in [4.69, 9.17) is 4.98 Å². The maximum atomic E-state index is 10.9. The monoisotopic (exact) mass is 399 g/mol. The van der Waals surface area contributed by atoms with E-state index in [1.807, 2.05) is 20.8 Å². The second-order valence-corrected chi connectivity index (χ2v) is 7.61. The summed E-state index contributed by atoms with van der Waals surface area (Å²) in [4.78, 5) is 24.4. The summed E-state index contributed by atoms with van der Waals surface area (Å²) in [6.07, 6.45) is 1.13. The SMILES string of the molecule is CC[C@H](O)CN1CCN(c2nc(C)nc(C)c2Cc2ccc([N+](=O)[O-])cc2)CC1. The van der Waals surface area contributed by atoms with Gasteiger partial charge in [0.2, 0.25) is 0 Å². The van der Waals surface area contributed by atoms with E-state index < -0.39 is 0 Å². The highest BCUT2D eigenvalue weighted by molar-refractivity contribution is 5.52. The smallest absolute Gasteiger partial charge is 0.269 e. The van der Waals surface area contributed by atoms with Gasteiger partial charge in [0.15, 0.2) is 0 Å². The molecule has 8 heteroatoms. The maximum Gasteiger partial charge on any atom is 0.269 e. The first-order valence-electron chi connectivity index (χ1n) is 10.1. The Labute approximate surface area is 171 Å². The van der Waals surface area contributed by atoms with Crippen molar-refractivity contribution in [3.8, 4) is 0 Å².